The Morgan fingerprint density at radius 3 is 2.24 bits per heavy atom. The SMILES string of the molecule is COCCOCCCC(=O)C(CCC(=O)O)NCC(=O)[C@@H](C)C(C)C. The molecule has 7 heteroatoms. The molecular formula is C18H33NO6. The minimum Gasteiger partial charge on any atom is -0.481 e. The van der Waals surface area contributed by atoms with Gasteiger partial charge in [-0.2, -0.15) is 0 Å². The lowest BCUT2D eigenvalue weighted by Gasteiger charge is -2.19. The minimum absolute atomic E-state index is 0.0334. The molecule has 0 fully saturated rings. The molecule has 0 saturated heterocycles. The van der Waals surface area contributed by atoms with Crippen molar-refractivity contribution >= 4 is 17.5 Å². The molecule has 0 saturated carbocycles. The normalized spacial score (nSPS) is 13.6. The summed E-state index contributed by atoms with van der Waals surface area (Å²) < 4.78 is 10.2. The van der Waals surface area contributed by atoms with Crippen molar-refractivity contribution in [2.45, 2.75) is 52.5 Å². The fraction of sp³-hybridized carbons (Fsp3) is 0.833. The van der Waals surface area contributed by atoms with Crippen LogP contribution in [-0.4, -0.2) is 62.2 Å². The van der Waals surface area contributed by atoms with Crippen molar-refractivity contribution in [3.05, 3.63) is 0 Å². The number of nitrogens with one attached hydrogen (secondary N) is 1. The number of ether oxygens (including phenoxy) is 2. The Kier molecular flexibility index (Phi) is 13.2. The first kappa shape index (κ1) is 23.7. The zero-order valence-corrected chi connectivity index (χ0v) is 15.9. The summed E-state index contributed by atoms with van der Waals surface area (Å²) in [5, 5.41) is 11.8. The summed E-state index contributed by atoms with van der Waals surface area (Å²) in [6, 6.07) is -0.613. The van der Waals surface area contributed by atoms with Gasteiger partial charge in [0.2, 0.25) is 0 Å². The first-order valence-corrected chi connectivity index (χ1v) is 8.86. The molecule has 25 heavy (non-hydrogen) atoms. The van der Waals surface area contributed by atoms with Gasteiger partial charge in [0.15, 0.2) is 0 Å². The summed E-state index contributed by atoms with van der Waals surface area (Å²) in [5.41, 5.74) is 0. The van der Waals surface area contributed by atoms with Crippen LogP contribution < -0.4 is 5.32 Å². The zero-order valence-electron chi connectivity index (χ0n) is 15.9. The van der Waals surface area contributed by atoms with E-state index in [4.69, 9.17) is 14.6 Å². The van der Waals surface area contributed by atoms with Crippen molar-refractivity contribution in [1.82, 2.24) is 5.32 Å². The molecule has 0 bridgehead atoms. The van der Waals surface area contributed by atoms with E-state index in [0.29, 0.717) is 26.2 Å². The van der Waals surface area contributed by atoms with E-state index in [-0.39, 0.29) is 49.2 Å². The Balaban J connectivity index is 4.37. The van der Waals surface area contributed by atoms with E-state index in [1.54, 1.807) is 7.11 Å². The van der Waals surface area contributed by atoms with Crippen LogP contribution in [0.4, 0.5) is 0 Å². The molecular weight excluding hydrogens is 326 g/mol. The topological polar surface area (TPSA) is 102 Å². The van der Waals surface area contributed by atoms with Gasteiger partial charge in [0.1, 0.15) is 11.6 Å². The molecule has 0 aliphatic heterocycles. The lowest BCUT2D eigenvalue weighted by molar-refractivity contribution is -0.137. The van der Waals surface area contributed by atoms with Crippen LogP contribution in [0, 0.1) is 11.8 Å². The van der Waals surface area contributed by atoms with Crippen LogP contribution >= 0.6 is 0 Å². The summed E-state index contributed by atoms with van der Waals surface area (Å²) in [4.78, 5) is 35.2. The maximum atomic E-state index is 12.3. The smallest absolute Gasteiger partial charge is 0.303 e. The number of ketones is 2. The number of rotatable bonds is 16. The predicted molar refractivity (Wildman–Crippen MR) is 94.6 cm³/mol. The maximum Gasteiger partial charge on any atom is 0.303 e. The van der Waals surface area contributed by atoms with Crippen molar-refractivity contribution in [2.24, 2.45) is 11.8 Å². The average molecular weight is 359 g/mol. The standard InChI is InChI=1S/C18H33NO6/c1-13(2)14(3)17(21)12-19-15(7-8-18(22)23)16(20)6-5-9-25-11-10-24-4/h13-15,19H,5-12H2,1-4H3,(H,22,23)/t14-,15?/m0/s1. The van der Waals surface area contributed by atoms with E-state index in [2.05, 4.69) is 5.32 Å². The van der Waals surface area contributed by atoms with Gasteiger partial charge in [-0.25, -0.2) is 0 Å². The van der Waals surface area contributed by atoms with Crippen molar-refractivity contribution in [2.75, 3.05) is 33.5 Å². The lowest BCUT2D eigenvalue weighted by Crippen LogP contribution is -2.41. The van der Waals surface area contributed by atoms with E-state index in [9.17, 15) is 14.4 Å². The third-order valence-corrected chi connectivity index (χ3v) is 4.21. The quantitative estimate of drug-likeness (QED) is 0.404. The fourth-order valence-corrected chi connectivity index (χ4v) is 2.17. The molecule has 2 N–H and O–H groups in total. The number of carboxylic acids is 1. The Hall–Kier alpha value is -1.31. The number of carbonyl (C=O) groups excluding carboxylic acids is 2. The Labute approximate surface area is 150 Å². The number of carboxylic acid groups (broad SMARTS) is 1. The summed E-state index contributed by atoms with van der Waals surface area (Å²) >= 11 is 0. The van der Waals surface area contributed by atoms with Crippen LogP contribution in [0.25, 0.3) is 0 Å². The van der Waals surface area contributed by atoms with Crippen LogP contribution in [0.1, 0.15) is 46.5 Å². The van der Waals surface area contributed by atoms with E-state index in [1.807, 2.05) is 20.8 Å². The molecule has 0 aliphatic rings. The summed E-state index contributed by atoms with van der Waals surface area (Å²) in [6.07, 6.45) is 0.923. The highest BCUT2D eigenvalue weighted by Gasteiger charge is 2.22. The molecule has 2 atom stereocenters. The second-order valence-corrected chi connectivity index (χ2v) is 6.54. The maximum absolute atomic E-state index is 12.3. The monoisotopic (exact) mass is 359 g/mol. The number of Topliss-reactive ketones (excluding diaryl/α,β-unsaturated/α-hetero) is 2. The second-order valence-electron chi connectivity index (χ2n) is 6.54. The van der Waals surface area contributed by atoms with Gasteiger partial charge < -0.3 is 19.9 Å². The molecule has 0 aliphatic carbocycles. The van der Waals surface area contributed by atoms with E-state index in [1.165, 1.54) is 0 Å². The van der Waals surface area contributed by atoms with Crippen molar-refractivity contribution in [3.8, 4) is 0 Å². The number of carbonyl (C=O) groups is 3. The molecule has 0 aromatic rings. The Bertz CT molecular complexity index is 410. The molecule has 146 valence electrons. The molecule has 0 aromatic heterocycles. The Morgan fingerprint density at radius 1 is 1.00 bits per heavy atom. The van der Waals surface area contributed by atoms with Gasteiger partial charge in [-0.3, -0.25) is 14.4 Å². The zero-order chi connectivity index (χ0) is 19.2. The average Bonchev–Trinajstić information content (AvgIpc) is 2.56. The molecule has 1 unspecified atom stereocenters. The van der Waals surface area contributed by atoms with Crippen LogP contribution in [0.3, 0.4) is 0 Å². The summed E-state index contributed by atoms with van der Waals surface area (Å²) in [7, 11) is 1.59. The molecule has 0 spiro atoms. The summed E-state index contributed by atoms with van der Waals surface area (Å²) in [5.74, 6) is -0.874. The van der Waals surface area contributed by atoms with Crippen LogP contribution in [0.5, 0.6) is 0 Å². The van der Waals surface area contributed by atoms with Gasteiger partial charge in [-0.05, 0) is 18.8 Å². The highest BCUT2D eigenvalue weighted by Crippen LogP contribution is 2.11. The van der Waals surface area contributed by atoms with Gasteiger partial charge in [-0.1, -0.05) is 20.8 Å². The van der Waals surface area contributed by atoms with Crippen LogP contribution in [-0.2, 0) is 23.9 Å². The third-order valence-electron chi connectivity index (χ3n) is 4.21. The first-order chi connectivity index (χ1) is 11.8. The van der Waals surface area contributed by atoms with Gasteiger partial charge in [-0.15, -0.1) is 0 Å². The number of hydrogen-bond donors (Lipinski definition) is 2. The predicted octanol–water partition coefficient (Wildman–Crippen LogP) is 1.68. The largest absolute Gasteiger partial charge is 0.481 e. The van der Waals surface area contributed by atoms with Crippen molar-refractivity contribution in [1.29, 1.82) is 0 Å². The number of methoxy groups -OCH3 is 1. The van der Waals surface area contributed by atoms with Gasteiger partial charge in [0.05, 0.1) is 25.8 Å². The van der Waals surface area contributed by atoms with Crippen molar-refractivity contribution < 1.29 is 29.0 Å². The summed E-state index contributed by atoms with van der Waals surface area (Å²) in [6.45, 7) is 7.32. The fourth-order valence-electron chi connectivity index (χ4n) is 2.17. The number of aliphatic carboxylic acids is 1. The second kappa shape index (κ2) is 13.9. The minimum atomic E-state index is -0.954. The Morgan fingerprint density at radius 2 is 1.68 bits per heavy atom. The third kappa shape index (κ3) is 11.8. The van der Waals surface area contributed by atoms with Crippen molar-refractivity contribution in [3.63, 3.8) is 0 Å². The van der Waals surface area contributed by atoms with E-state index >= 15 is 0 Å². The molecule has 0 rings (SSSR count). The molecule has 0 heterocycles. The van der Waals surface area contributed by atoms with E-state index < -0.39 is 12.0 Å². The van der Waals surface area contributed by atoms with Crippen LogP contribution in [0.15, 0.2) is 0 Å². The highest BCUT2D eigenvalue weighted by atomic mass is 16.5. The molecule has 7 nitrogen and oxygen atoms in total. The lowest BCUT2D eigenvalue weighted by atomic mass is 9.93. The molecule has 0 amide bonds. The number of hydrogen-bond acceptors (Lipinski definition) is 6. The van der Waals surface area contributed by atoms with Crippen LogP contribution in [0.2, 0.25) is 0 Å². The highest BCUT2D eigenvalue weighted by molar-refractivity contribution is 5.87. The molecule has 0 radical (unpaired) electrons. The molecule has 0 aromatic carbocycles. The first-order valence-electron chi connectivity index (χ1n) is 8.86. The van der Waals surface area contributed by atoms with Gasteiger partial charge >= 0.3 is 5.97 Å². The van der Waals surface area contributed by atoms with Gasteiger partial charge in [0, 0.05) is 32.5 Å². The van der Waals surface area contributed by atoms with E-state index in [0.717, 1.165) is 0 Å². The van der Waals surface area contributed by atoms with Gasteiger partial charge in [0.25, 0.3) is 0 Å².